The van der Waals surface area contributed by atoms with Gasteiger partial charge in [0.2, 0.25) is 0 Å². The number of benzene rings is 2. The van der Waals surface area contributed by atoms with Crippen molar-refractivity contribution in [2.75, 3.05) is 42.9 Å². The molecule has 0 aromatic heterocycles. The molecule has 2 aromatic carbocycles. The Balaban J connectivity index is 1.50. The van der Waals surface area contributed by atoms with Crippen LogP contribution in [0, 0.1) is 5.82 Å². The molecule has 126 valence electrons. The van der Waals surface area contributed by atoms with Crippen molar-refractivity contribution >= 4 is 28.9 Å². The molecule has 1 aliphatic rings. The van der Waals surface area contributed by atoms with E-state index in [1.165, 1.54) is 22.7 Å². The first-order chi connectivity index (χ1) is 11.6. The first-order valence-electron chi connectivity index (χ1n) is 8.00. The summed E-state index contributed by atoms with van der Waals surface area (Å²) in [5.41, 5.74) is 1.39. The van der Waals surface area contributed by atoms with E-state index in [1.807, 2.05) is 18.2 Å². The maximum Gasteiger partial charge on any atom is 0.279 e. The summed E-state index contributed by atoms with van der Waals surface area (Å²) in [5.74, 6) is -0.695. The second kappa shape index (κ2) is 7.64. The number of anilines is 2. The molecule has 1 heterocycles. The predicted molar refractivity (Wildman–Crippen MR) is 94.3 cm³/mol. The number of nitrogens with zero attached hydrogens (tertiary/aromatic N) is 1. The lowest BCUT2D eigenvalue weighted by molar-refractivity contribution is -0.892. The van der Waals surface area contributed by atoms with Crippen molar-refractivity contribution in [2.24, 2.45) is 0 Å². The molecule has 0 saturated carbocycles. The van der Waals surface area contributed by atoms with Crippen molar-refractivity contribution in [1.29, 1.82) is 0 Å². The highest BCUT2D eigenvalue weighted by atomic mass is 35.5. The molecule has 1 fully saturated rings. The van der Waals surface area contributed by atoms with Crippen LogP contribution in [-0.4, -0.2) is 38.6 Å². The van der Waals surface area contributed by atoms with E-state index in [0.717, 1.165) is 26.2 Å². The zero-order chi connectivity index (χ0) is 16.9. The van der Waals surface area contributed by atoms with Gasteiger partial charge >= 0.3 is 0 Å². The van der Waals surface area contributed by atoms with Gasteiger partial charge in [0.05, 0.1) is 31.9 Å². The van der Waals surface area contributed by atoms with Gasteiger partial charge in [-0.25, -0.2) is 4.39 Å². The summed E-state index contributed by atoms with van der Waals surface area (Å²) in [4.78, 5) is 15.6. The highest BCUT2D eigenvalue weighted by molar-refractivity contribution is 6.30. The van der Waals surface area contributed by atoms with Crippen LogP contribution >= 0.6 is 11.6 Å². The molecule has 1 aliphatic heterocycles. The Morgan fingerprint density at radius 1 is 1.17 bits per heavy atom. The average Bonchev–Trinajstić information content (AvgIpc) is 2.59. The molecule has 0 radical (unpaired) electrons. The van der Waals surface area contributed by atoms with Crippen LogP contribution < -0.4 is 15.1 Å². The highest BCUT2D eigenvalue weighted by Gasteiger charge is 2.22. The van der Waals surface area contributed by atoms with E-state index >= 15 is 0 Å². The number of hydrogen-bond donors (Lipinski definition) is 2. The van der Waals surface area contributed by atoms with Crippen LogP contribution in [0.5, 0.6) is 0 Å². The lowest BCUT2D eigenvalue weighted by Crippen LogP contribution is -3.15. The van der Waals surface area contributed by atoms with Crippen LogP contribution in [0.15, 0.2) is 48.5 Å². The van der Waals surface area contributed by atoms with E-state index in [0.29, 0.717) is 11.6 Å². The fourth-order valence-corrected chi connectivity index (χ4v) is 3.07. The molecule has 1 saturated heterocycles. The van der Waals surface area contributed by atoms with Crippen LogP contribution in [-0.2, 0) is 4.79 Å². The van der Waals surface area contributed by atoms with Gasteiger partial charge in [0.1, 0.15) is 5.82 Å². The number of para-hydroxylation sites is 1. The van der Waals surface area contributed by atoms with Gasteiger partial charge in [0, 0.05) is 10.7 Å². The molecule has 24 heavy (non-hydrogen) atoms. The lowest BCUT2D eigenvalue weighted by Gasteiger charge is -2.33. The number of carbonyl (C=O) groups is 1. The fraction of sp³-hybridized carbons (Fsp3) is 0.278. The second-order valence-electron chi connectivity index (χ2n) is 5.92. The summed E-state index contributed by atoms with van der Waals surface area (Å²) in [6.07, 6.45) is 0. The molecule has 0 unspecified atom stereocenters. The van der Waals surface area contributed by atoms with Crippen LogP contribution in [0.3, 0.4) is 0 Å². The Hall–Kier alpha value is -2.11. The molecule has 2 aromatic rings. The van der Waals surface area contributed by atoms with Crippen LogP contribution in [0.25, 0.3) is 0 Å². The Kier molecular flexibility index (Phi) is 5.33. The van der Waals surface area contributed by atoms with Gasteiger partial charge in [-0.1, -0.05) is 29.8 Å². The van der Waals surface area contributed by atoms with Crippen molar-refractivity contribution in [3.63, 3.8) is 0 Å². The maximum atomic E-state index is 13.7. The molecule has 1 amide bonds. The summed E-state index contributed by atoms with van der Waals surface area (Å²) >= 11 is 5.71. The molecule has 0 spiro atoms. The van der Waals surface area contributed by atoms with Crippen molar-refractivity contribution in [3.05, 3.63) is 59.4 Å². The third-order valence-electron chi connectivity index (χ3n) is 4.21. The Morgan fingerprint density at radius 3 is 2.54 bits per heavy atom. The number of piperazine rings is 1. The maximum absolute atomic E-state index is 13.7. The van der Waals surface area contributed by atoms with Gasteiger partial charge in [0.15, 0.2) is 6.54 Å². The number of rotatable bonds is 4. The van der Waals surface area contributed by atoms with E-state index in [1.54, 1.807) is 6.07 Å². The minimum Gasteiger partial charge on any atom is -0.360 e. The Labute approximate surface area is 145 Å². The normalized spacial score (nSPS) is 15.3. The Morgan fingerprint density at radius 2 is 1.88 bits per heavy atom. The van der Waals surface area contributed by atoms with Crippen LogP contribution in [0.2, 0.25) is 5.02 Å². The summed E-state index contributed by atoms with van der Waals surface area (Å²) in [6.45, 7) is 3.91. The topological polar surface area (TPSA) is 36.8 Å². The molecular weight excluding hydrogens is 329 g/mol. The SMILES string of the molecule is O=C(C[NH+]1CCN(c2ccccc2)CC1)Nc1ccc(Cl)cc1F. The molecule has 0 bridgehead atoms. The molecule has 0 atom stereocenters. The standard InChI is InChI=1S/C18H19ClFN3O/c19-14-6-7-17(16(20)12-14)21-18(24)13-22-8-10-23(11-9-22)15-4-2-1-3-5-15/h1-7,12H,8-11,13H2,(H,21,24)/p+1. The van der Waals surface area contributed by atoms with Gasteiger partial charge in [-0.2, -0.15) is 0 Å². The molecule has 2 N–H and O–H groups in total. The van der Waals surface area contributed by atoms with E-state index < -0.39 is 5.82 Å². The first-order valence-corrected chi connectivity index (χ1v) is 8.38. The van der Waals surface area contributed by atoms with Crippen LogP contribution in [0.4, 0.5) is 15.8 Å². The molecular formula is C18H20ClFN3O+. The molecule has 0 aliphatic carbocycles. The monoisotopic (exact) mass is 348 g/mol. The van der Waals surface area contributed by atoms with E-state index in [2.05, 4.69) is 22.3 Å². The van der Waals surface area contributed by atoms with E-state index in [-0.39, 0.29) is 11.6 Å². The smallest absolute Gasteiger partial charge is 0.279 e. The quantitative estimate of drug-likeness (QED) is 0.884. The van der Waals surface area contributed by atoms with Gasteiger partial charge in [-0.3, -0.25) is 4.79 Å². The lowest BCUT2D eigenvalue weighted by atomic mass is 10.2. The number of quaternary nitrogens is 1. The summed E-state index contributed by atoms with van der Waals surface area (Å²) in [6, 6.07) is 14.5. The first kappa shape index (κ1) is 16.7. The molecule has 6 heteroatoms. The summed E-state index contributed by atoms with van der Waals surface area (Å²) in [7, 11) is 0. The van der Waals surface area contributed by atoms with Gasteiger partial charge in [-0.15, -0.1) is 0 Å². The van der Waals surface area contributed by atoms with Crippen molar-refractivity contribution < 1.29 is 14.1 Å². The van der Waals surface area contributed by atoms with Gasteiger partial charge < -0.3 is 15.1 Å². The molecule has 4 nitrogen and oxygen atoms in total. The number of hydrogen-bond acceptors (Lipinski definition) is 2. The molecule has 3 rings (SSSR count). The number of amides is 1. The van der Waals surface area contributed by atoms with E-state index in [4.69, 9.17) is 11.6 Å². The van der Waals surface area contributed by atoms with Crippen molar-refractivity contribution in [3.8, 4) is 0 Å². The van der Waals surface area contributed by atoms with E-state index in [9.17, 15) is 9.18 Å². The highest BCUT2D eigenvalue weighted by Crippen LogP contribution is 2.18. The summed E-state index contributed by atoms with van der Waals surface area (Å²) < 4.78 is 13.7. The minimum atomic E-state index is -0.514. The number of nitrogens with one attached hydrogen (secondary N) is 2. The van der Waals surface area contributed by atoms with Gasteiger partial charge in [0.25, 0.3) is 5.91 Å². The van der Waals surface area contributed by atoms with Crippen molar-refractivity contribution in [1.82, 2.24) is 0 Å². The van der Waals surface area contributed by atoms with Crippen molar-refractivity contribution in [2.45, 2.75) is 0 Å². The van der Waals surface area contributed by atoms with Crippen LogP contribution in [0.1, 0.15) is 0 Å². The number of halogens is 2. The predicted octanol–water partition coefficient (Wildman–Crippen LogP) is 1.82. The van der Waals surface area contributed by atoms with Gasteiger partial charge in [-0.05, 0) is 30.3 Å². The zero-order valence-electron chi connectivity index (χ0n) is 13.3. The third kappa shape index (κ3) is 4.24. The third-order valence-corrected chi connectivity index (χ3v) is 4.44. The largest absolute Gasteiger partial charge is 0.360 e. The fourth-order valence-electron chi connectivity index (χ4n) is 2.91. The zero-order valence-corrected chi connectivity index (χ0v) is 14.0. The number of carbonyl (C=O) groups excluding carboxylic acids is 1. The summed E-state index contributed by atoms with van der Waals surface area (Å²) in [5, 5.41) is 2.93. The average molecular weight is 349 g/mol. The second-order valence-corrected chi connectivity index (χ2v) is 6.36. The Bertz CT molecular complexity index is 703. The minimum absolute atomic E-state index is 0.173.